The van der Waals surface area contributed by atoms with E-state index in [0.717, 1.165) is 12.1 Å². The van der Waals surface area contributed by atoms with Crippen molar-refractivity contribution in [2.45, 2.75) is 13.1 Å². The van der Waals surface area contributed by atoms with Crippen LogP contribution in [0.25, 0.3) is 0 Å². The molecule has 4 nitrogen and oxygen atoms in total. The van der Waals surface area contributed by atoms with E-state index in [1.807, 2.05) is 0 Å². The Morgan fingerprint density at radius 2 is 1.50 bits per heavy atom. The van der Waals surface area contributed by atoms with Gasteiger partial charge < -0.3 is 5.11 Å². The normalized spacial score (nSPS) is 15.2. The predicted octanol–water partition coefficient (Wildman–Crippen LogP) is 4.17. The van der Waals surface area contributed by atoms with Crippen LogP contribution in [-0.4, -0.2) is 24.2 Å². The zero-order chi connectivity index (χ0) is 17.5. The third-order valence-electron chi connectivity index (χ3n) is 4.01. The van der Waals surface area contributed by atoms with Crippen LogP contribution in [-0.2, 0) is 6.18 Å². The van der Waals surface area contributed by atoms with Gasteiger partial charge in [-0.2, -0.15) is 13.2 Å². The molecule has 0 aliphatic carbocycles. The quantitative estimate of drug-likeness (QED) is 0.895. The summed E-state index contributed by atoms with van der Waals surface area (Å²) in [7, 11) is 0. The lowest BCUT2D eigenvalue weighted by atomic mass is 10.2. The summed E-state index contributed by atoms with van der Waals surface area (Å²) in [5, 5.41) is 9.57. The molecule has 0 aromatic heterocycles. The van der Waals surface area contributed by atoms with Gasteiger partial charge in [0.2, 0.25) is 0 Å². The summed E-state index contributed by atoms with van der Waals surface area (Å²) < 4.78 is 37.9. The third-order valence-corrected chi connectivity index (χ3v) is 4.01. The number of nitrogens with zero attached hydrogens (tertiary/aromatic N) is 2. The molecule has 1 heterocycles. The van der Waals surface area contributed by atoms with Crippen LogP contribution in [0.1, 0.15) is 11.1 Å². The van der Waals surface area contributed by atoms with E-state index in [2.05, 4.69) is 0 Å². The SMILES string of the molecule is Cc1cc(N2CCN(c3ccc(C(F)(F)F)cc3)C2=O)ccc1O. The summed E-state index contributed by atoms with van der Waals surface area (Å²) >= 11 is 0. The molecule has 24 heavy (non-hydrogen) atoms. The smallest absolute Gasteiger partial charge is 0.416 e. The first kappa shape index (κ1) is 16.2. The average molecular weight is 336 g/mol. The molecule has 0 spiro atoms. The molecule has 1 fully saturated rings. The number of phenols is 1. The molecule has 3 rings (SSSR count). The van der Waals surface area contributed by atoms with Crippen LogP contribution in [0.5, 0.6) is 5.75 Å². The summed E-state index contributed by atoms with van der Waals surface area (Å²) in [5.74, 6) is 0.144. The van der Waals surface area contributed by atoms with Crippen LogP contribution in [0.3, 0.4) is 0 Å². The minimum atomic E-state index is -4.40. The van der Waals surface area contributed by atoms with Gasteiger partial charge in [0.15, 0.2) is 0 Å². The minimum Gasteiger partial charge on any atom is -0.508 e. The summed E-state index contributed by atoms with van der Waals surface area (Å²) in [5.41, 5.74) is 0.966. The van der Waals surface area contributed by atoms with E-state index in [0.29, 0.717) is 30.0 Å². The highest BCUT2D eigenvalue weighted by Crippen LogP contribution is 2.32. The molecule has 2 amide bonds. The fourth-order valence-corrected chi connectivity index (χ4v) is 2.65. The second-order valence-corrected chi connectivity index (χ2v) is 5.60. The van der Waals surface area contributed by atoms with Crippen molar-refractivity contribution in [1.29, 1.82) is 0 Å². The lowest BCUT2D eigenvalue weighted by molar-refractivity contribution is -0.137. The molecule has 1 N–H and O–H groups in total. The zero-order valence-corrected chi connectivity index (χ0v) is 12.8. The van der Waals surface area contributed by atoms with Crippen molar-refractivity contribution in [3.63, 3.8) is 0 Å². The standard InChI is InChI=1S/C17H15F3N2O2/c1-11-10-14(6-7-15(11)23)22-9-8-21(16(22)24)13-4-2-12(3-5-13)17(18,19)20/h2-7,10,23H,8-9H2,1H3. The number of halogens is 3. The molecule has 1 aliphatic heterocycles. The van der Waals surface area contributed by atoms with Crippen molar-refractivity contribution in [3.05, 3.63) is 53.6 Å². The Morgan fingerprint density at radius 3 is 2.04 bits per heavy atom. The van der Waals surface area contributed by atoms with E-state index in [1.54, 1.807) is 19.1 Å². The fourth-order valence-electron chi connectivity index (χ4n) is 2.65. The maximum Gasteiger partial charge on any atom is 0.416 e. The van der Waals surface area contributed by atoms with Crippen LogP contribution < -0.4 is 9.80 Å². The Morgan fingerprint density at radius 1 is 0.958 bits per heavy atom. The number of rotatable bonds is 2. The van der Waals surface area contributed by atoms with Crippen molar-refractivity contribution in [1.82, 2.24) is 0 Å². The molecule has 2 aromatic carbocycles. The average Bonchev–Trinajstić information content (AvgIpc) is 2.91. The maximum absolute atomic E-state index is 12.6. The minimum absolute atomic E-state index is 0.144. The molecule has 0 saturated carbocycles. The van der Waals surface area contributed by atoms with E-state index < -0.39 is 11.7 Å². The van der Waals surface area contributed by atoms with Crippen molar-refractivity contribution in [3.8, 4) is 5.75 Å². The second-order valence-electron chi connectivity index (χ2n) is 5.60. The molecule has 126 valence electrons. The number of benzene rings is 2. The van der Waals surface area contributed by atoms with Gasteiger partial charge in [-0.15, -0.1) is 0 Å². The number of phenolic OH excluding ortho intramolecular Hbond substituents is 1. The summed E-state index contributed by atoms with van der Waals surface area (Å²) in [4.78, 5) is 15.5. The van der Waals surface area contributed by atoms with Gasteiger partial charge in [-0.1, -0.05) is 0 Å². The highest BCUT2D eigenvalue weighted by molar-refractivity contribution is 6.06. The van der Waals surface area contributed by atoms with Gasteiger partial charge in [0.25, 0.3) is 0 Å². The number of aryl methyl sites for hydroxylation is 1. The molecule has 0 bridgehead atoms. The maximum atomic E-state index is 12.6. The first-order valence-corrected chi connectivity index (χ1v) is 7.33. The number of anilines is 2. The number of hydrogen-bond acceptors (Lipinski definition) is 2. The van der Waals surface area contributed by atoms with Gasteiger partial charge >= 0.3 is 12.2 Å². The Kier molecular flexibility index (Phi) is 3.87. The number of hydrogen-bond donors (Lipinski definition) is 1. The number of carbonyl (C=O) groups excluding carboxylic acids is 1. The molecule has 0 atom stereocenters. The number of aromatic hydroxyl groups is 1. The van der Waals surface area contributed by atoms with Gasteiger partial charge in [-0.05, 0) is 55.0 Å². The summed E-state index contributed by atoms with van der Waals surface area (Å²) in [6.07, 6.45) is -4.40. The van der Waals surface area contributed by atoms with Crippen LogP contribution >= 0.6 is 0 Å². The van der Waals surface area contributed by atoms with Gasteiger partial charge in [0, 0.05) is 24.5 Å². The molecule has 0 unspecified atom stereocenters. The monoisotopic (exact) mass is 336 g/mol. The molecule has 1 aliphatic rings. The first-order chi connectivity index (χ1) is 11.3. The Hall–Kier alpha value is -2.70. The number of urea groups is 1. The first-order valence-electron chi connectivity index (χ1n) is 7.33. The second kappa shape index (κ2) is 5.74. The van der Waals surface area contributed by atoms with E-state index >= 15 is 0 Å². The predicted molar refractivity (Wildman–Crippen MR) is 84.4 cm³/mol. The number of carbonyl (C=O) groups is 1. The largest absolute Gasteiger partial charge is 0.508 e. The highest BCUT2D eigenvalue weighted by Gasteiger charge is 2.33. The van der Waals surface area contributed by atoms with Gasteiger partial charge in [0.05, 0.1) is 5.56 Å². The van der Waals surface area contributed by atoms with Gasteiger partial charge in [0.1, 0.15) is 5.75 Å². The molecule has 1 saturated heterocycles. The third kappa shape index (κ3) is 2.89. The molecule has 0 radical (unpaired) electrons. The number of alkyl halides is 3. The van der Waals surface area contributed by atoms with Crippen LogP contribution in [0.15, 0.2) is 42.5 Å². The molecular weight excluding hydrogens is 321 g/mol. The van der Waals surface area contributed by atoms with Crippen LogP contribution in [0, 0.1) is 6.92 Å². The zero-order valence-electron chi connectivity index (χ0n) is 12.8. The van der Waals surface area contributed by atoms with E-state index in [-0.39, 0.29) is 11.8 Å². The molecule has 7 heteroatoms. The van der Waals surface area contributed by atoms with Crippen LogP contribution in [0.4, 0.5) is 29.3 Å². The summed E-state index contributed by atoms with van der Waals surface area (Å²) in [6, 6.07) is 9.07. The van der Waals surface area contributed by atoms with E-state index in [1.165, 1.54) is 28.0 Å². The highest BCUT2D eigenvalue weighted by atomic mass is 19.4. The molecular formula is C17H15F3N2O2. The van der Waals surface area contributed by atoms with Crippen LogP contribution in [0.2, 0.25) is 0 Å². The van der Waals surface area contributed by atoms with E-state index in [4.69, 9.17) is 0 Å². The Labute approximate surface area is 136 Å². The van der Waals surface area contributed by atoms with Crippen molar-refractivity contribution >= 4 is 17.4 Å². The van der Waals surface area contributed by atoms with Crippen molar-refractivity contribution < 1.29 is 23.1 Å². The van der Waals surface area contributed by atoms with Crippen molar-refractivity contribution in [2.24, 2.45) is 0 Å². The Bertz CT molecular complexity index is 772. The summed E-state index contributed by atoms with van der Waals surface area (Å²) in [6.45, 7) is 2.53. The lowest BCUT2D eigenvalue weighted by Gasteiger charge is -2.19. The Balaban J connectivity index is 1.82. The van der Waals surface area contributed by atoms with E-state index in [9.17, 15) is 23.1 Å². The fraction of sp³-hybridized carbons (Fsp3) is 0.235. The van der Waals surface area contributed by atoms with Gasteiger partial charge in [-0.3, -0.25) is 9.80 Å². The lowest BCUT2D eigenvalue weighted by Crippen LogP contribution is -2.31. The molecule has 2 aromatic rings. The van der Waals surface area contributed by atoms with Gasteiger partial charge in [-0.25, -0.2) is 4.79 Å². The number of amides is 2. The van der Waals surface area contributed by atoms with Crippen molar-refractivity contribution in [2.75, 3.05) is 22.9 Å². The topological polar surface area (TPSA) is 43.8 Å².